The van der Waals surface area contributed by atoms with Crippen LogP contribution in [-0.2, 0) is 9.53 Å². The van der Waals surface area contributed by atoms with Crippen LogP contribution in [0.2, 0.25) is 0 Å². The van der Waals surface area contributed by atoms with Crippen LogP contribution < -0.4 is 19.1 Å². The first-order valence-corrected chi connectivity index (χ1v) is 13.9. The van der Waals surface area contributed by atoms with Gasteiger partial charge in [0.2, 0.25) is 12.7 Å². The fraction of sp³-hybridized carbons (Fsp3) is 0.400. The number of piperazine rings is 1. The van der Waals surface area contributed by atoms with Crippen molar-refractivity contribution in [2.75, 3.05) is 64.7 Å². The highest BCUT2D eigenvalue weighted by atomic mass is 16.7. The molecule has 0 radical (unpaired) electrons. The van der Waals surface area contributed by atoms with Crippen LogP contribution in [0, 0.1) is 0 Å². The summed E-state index contributed by atoms with van der Waals surface area (Å²) in [5.74, 6) is 2.37. The van der Waals surface area contributed by atoms with Crippen molar-refractivity contribution in [1.29, 1.82) is 0 Å². The third-order valence-electron chi connectivity index (χ3n) is 7.65. The molecule has 2 aromatic carbocycles. The Morgan fingerprint density at radius 2 is 1.85 bits per heavy atom. The van der Waals surface area contributed by atoms with E-state index >= 15 is 0 Å². The number of hydrogen-bond acceptors (Lipinski definition) is 9. The minimum Gasteiger partial charge on any atom is -0.497 e. The molecule has 0 N–H and O–H groups in total. The van der Waals surface area contributed by atoms with Gasteiger partial charge in [-0.05, 0) is 55.3 Å². The lowest BCUT2D eigenvalue weighted by atomic mass is 10.1. The molecule has 0 spiro atoms. The Hall–Kier alpha value is -4.38. The highest BCUT2D eigenvalue weighted by molar-refractivity contribution is 5.97. The zero-order valence-corrected chi connectivity index (χ0v) is 23.0. The number of benzene rings is 2. The number of rotatable bonds is 8. The number of nitrogens with zero attached hydrogens (tertiary/aromatic N) is 5. The first-order valence-electron chi connectivity index (χ1n) is 13.9. The largest absolute Gasteiger partial charge is 0.497 e. The second kappa shape index (κ2) is 12.0. The molecule has 3 aliphatic rings. The quantitative estimate of drug-likeness (QED) is 0.412. The first kappa shape index (κ1) is 26.8. The lowest BCUT2D eigenvalue weighted by Crippen LogP contribution is -2.52. The van der Waals surface area contributed by atoms with Gasteiger partial charge in [-0.25, -0.2) is 0 Å². The monoisotopic (exact) mass is 559 g/mol. The van der Waals surface area contributed by atoms with Gasteiger partial charge in [-0.3, -0.25) is 9.59 Å². The average molecular weight is 560 g/mol. The summed E-state index contributed by atoms with van der Waals surface area (Å²) in [6.45, 7) is 3.48. The van der Waals surface area contributed by atoms with Crippen molar-refractivity contribution in [3.05, 3.63) is 60.2 Å². The summed E-state index contributed by atoms with van der Waals surface area (Å²) in [6.07, 6.45) is 1.75. The van der Waals surface area contributed by atoms with Crippen molar-refractivity contribution in [2.24, 2.45) is 0 Å². The average Bonchev–Trinajstić information content (AvgIpc) is 3.72. The normalized spacial score (nSPS) is 17.9. The molecule has 3 aromatic rings. The molecule has 1 atom stereocenters. The van der Waals surface area contributed by atoms with Crippen LogP contribution in [0.5, 0.6) is 17.2 Å². The van der Waals surface area contributed by atoms with E-state index in [0.717, 1.165) is 35.7 Å². The molecule has 41 heavy (non-hydrogen) atoms. The SMILES string of the molecule is COc1cccc(-c2ccc(N3CCN(C(=O)CN(CC4CCCO4)C(=O)c4ccc5c(c4)OCO5)CC3)nn2)c1. The van der Waals surface area contributed by atoms with Gasteiger partial charge in [-0.2, -0.15) is 0 Å². The van der Waals surface area contributed by atoms with Crippen molar-refractivity contribution in [2.45, 2.75) is 18.9 Å². The van der Waals surface area contributed by atoms with Crippen LogP contribution >= 0.6 is 0 Å². The van der Waals surface area contributed by atoms with Crippen molar-refractivity contribution >= 4 is 17.6 Å². The second-order valence-corrected chi connectivity index (χ2v) is 10.3. The number of fused-ring (bicyclic) bond motifs is 1. The minimum atomic E-state index is -0.225. The predicted octanol–water partition coefficient (Wildman–Crippen LogP) is 2.85. The molecule has 6 rings (SSSR count). The summed E-state index contributed by atoms with van der Waals surface area (Å²) in [7, 11) is 1.64. The minimum absolute atomic E-state index is 0.0117. The molecule has 2 fully saturated rings. The van der Waals surface area contributed by atoms with Crippen molar-refractivity contribution in [1.82, 2.24) is 20.0 Å². The first-order chi connectivity index (χ1) is 20.1. The van der Waals surface area contributed by atoms with E-state index in [2.05, 4.69) is 15.1 Å². The molecule has 1 aromatic heterocycles. The summed E-state index contributed by atoms with van der Waals surface area (Å²) in [4.78, 5) is 32.4. The molecule has 2 amide bonds. The number of amides is 2. The van der Waals surface area contributed by atoms with Gasteiger partial charge in [0, 0.05) is 50.5 Å². The summed E-state index contributed by atoms with van der Waals surface area (Å²) < 4.78 is 21.9. The van der Waals surface area contributed by atoms with Crippen LogP contribution in [0.4, 0.5) is 5.82 Å². The number of ether oxygens (including phenoxy) is 4. The van der Waals surface area contributed by atoms with Crippen LogP contribution in [0.1, 0.15) is 23.2 Å². The maximum absolute atomic E-state index is 13.5. The Labute approximate surface area is 238 Å². The van der Waals surface area contributed by atoms with Gasteiger partial charge in [-0.15, -0.1) is 10.2 Å². The molecule has 2 saturated heterocycles. The zero-order valence-electron chi connectivity index (χ0n) is 23.0. The van der Waals surface area contributed by atoms with Crippen LogP contribution in [-0.4, -0.2) is 97.7 Å². The van der Waals surface area contributed by atoms with E-state index in [9.17, 15) is 9.59 Å². The fourth-order valence-corrected chi connectivity index (χ4v) is 5.34. The standard InChI is InChI=1S/C30H33N5O6/c1-38-23-5-2-4-21(16-23)25-8-10-28(32-31-25)33-11-13-34(14-12-33)29(36)19-35(18-24-6-3-15-39-24)30(37)22-7-9-26-27(17-22)41-20-40-26/h2,4-5,7-10,16-17,24H,3,6,11-15,18-20H2,1H3. The van der Waals surface area contributed by atoms with Crippen LogP contribution in [0.15, 0.2) is 54.6 Å². The summed E-state index contributed by atoms with van der Waals surface area (Å²) in [5, 5.41) is 8.85. The van der Waals surface area contributed by atoms with Gasteiger partial charge in [0.05, 0.1) is 18.9 Å². The summed E-state index contributed by atoms with van der Waals surface area (Å²) >= 11 is 0. The third kappa shape index (κ3) is 6.04. The number of carbonyl (C=O) groups excluding carboxylic acids is 2. The van der Waals surface area contributed by atoms with Gasteiger partial charge in [0.1, 0.15) is 12.3 Å². The maximum atomic E-state index is 13.5. The molecule has 4 heterocycles. The fourth-order valence-electron chi connectivity index (χ4n) is 5.34. The van der Waals surface area contributed by atoms with E-state index in [0.29, 0.717) is 56.4 Å². The highest BCUT2D eigenvalue weighted by Gasteiger charge is 2.29. The van der Waals surface area contributed by atoms with Gasteiger partial charge >= 0.3 is 0 Å². The zero-order chi connectivity index (χ0) is 28.2. The maximum Gasteiger partial charge on any atom is 0.254 e. The van der Waals surface area contributed by atoms with Gasteiger partial charge in [-0.1, -0.05) is 12.1 Å². The molecule has 0 saturated carbocycles. The molecule has 11 nitrogen and oxygen atoms in total. The van der Waals surface area contributed by atoms with Crippen molar-refractivity contribution in [3.8, 4) is 28.5 Å². The van der Waals surface area contributed by atoms with E-state index in [4.69, 9.17) is 18.9 Å². The Morgan fingerprint density at radius 3 is 2.61 bits per heavy atom. The number of aromatic nitrogens is 2. The van der Waals surface area contributed by atoms with E-state index in [1.165, 1.54) is 0 Å². The molecule has 11 heteroatoms. The number of anilines is 1. The Balaban J connectivity index is 1.08. The van der Waals surface area contributed by atoms with E-state index in [1.807, 2.05) is 41.3 Å². The van der Waals surface area contributed by atoms with E-state index < -0.39 is 0 Å². The van der Waals surface area contributed by atoms with Gasteiger partial charge in [0.25, 0.3) is 5.91 Å². The summed E-state index contributed by atoms with van der Waals surface area (Å²) in [5.41, 5.74) is 2.16. The molecular formula is C30H33N5O6. The number of hydrogen-bond donors (Lipinski definition) is 0. The Bertz CT molecular complexity index is 1390. The molecule has 0 bridgehead atoms. The van der Waals surface area contributed by atoms with E-state index in [-0.39, 0.29) is 31.3 Å². The smallest absolute Gasteiger partial charge is 0.254 e. The van der Waals surface area contributed by atoms with Crippen LogP contribution in [0.3, 0.4) is 0 Å². The predicted molar refractivity (Wildman–Crippen MR) is 150 cm³/mol. The second-order valence-electron chi connectivity index (χ2n) is 10.3. The van der Waals surface area contributed by atoms with Crippen LogP contribution in [0.25, 0.3) is 11.3 Å². The lowest BCUT2D eigenvalue weighted by Gasteiger charge is -2.36. The van der Waals surface area contributed by atoms with Crippen molar-refractivity contribution < 1.29 is 28.5 Å². The Morgan fingerprint density at radius 1 is 1.00 bits per heavy atom. The third-order valence-corrected chi connectivity index (χ3v) is 7.65. The van der Waals surface area contributed by atoms with E-state index in [1.54, 1.807) is 30.2 Å². The number of methoxy groups -OCH3 is 1. The summed E-state index contributed by atoms with van der Waals surface area (Å²) in [6, 6.07) is 16.7. The van der Waals surface area contributed by atoms with Gasteiger partial charge in [0.15, 0.2) is 17.3 Å². The van der Waals surface area contributed by atoms with Crippen molar-refractivity contribution in [3.63, 3.8) is 0 Å². The Kier molecular flexibility index (Phi) is 7.86. The topological polar surface area (TPSA) is 107 Å². The lowest BCUT2D eigenvalue weighted by molar-refractivity contribution is -0.132. The number of carbonyl (C=O) groups is 2. The molecule has 3 aliphatic heterocycles. The molecule has 214 valence electrons. The molecule has 0 aliphatic carbocycles. The molecular weight excluding hydrogens is 526 g/mol. The highest BCUT2D eigenvalue weighted by Crippen LogP contribution is 2.33. The molecule has 1 unspecified atom stereocenters. The van der Waals surface area contributed by atoms with Gasteiger partial charge < -0.3 is 33.6 Å².